The molecule has 0 spiro atoms. The molecule has 0 unspecified atom stereocenters. The molecular weight excluding hydrogens is 659 g/mol. The van der Waals surface area contributed by atoms with Crippen LogP contribution in [0.3, 0.4) is 0 Å². The summed E-state index contributed by atoms with van der Waals surface area (Å²) in [6.45, 7) is 4.97. The van der Waals surface area contributed by atoms with Gasteiger partial charge in [0.15, 0.2) is 17.5 Å². The van der Waals surface area contributed by atoms with Crippen LogP contribution in [0, 0.1) is 0 Å². The van der Waals surface area contributed by atoms with Crippen molar-refractivity contribution in [1.82, 2.24) is 15.0 Å². The van der Waals surface area contributed by atoms with E-state index in [1.807, 2.05) is 24.3 Å². The number of nitrogens with zero attached hydrogens (tertiary/aromatic N) is 3. The number of rotatable bonds is 5. The lowest BCUT2D eigenvalue weighted by Crippen LogP contribution is -2.49. The quantitative estimate of drug-likeness (QED) is 0.133. The van der Waals surface area contributed by atoms with Crippen LogP contribution in [0.15, 0.2) is 176 Å². The molecule has 1 aliphatic rings. The van der Waals surface area contributed by atoms with Crippen LogP contribution in [0.25, 0.3) is 89.1 Å². The highest BCUT2D eigenvalue weighted by molar-refractivity contribution is 7.04. The highest BCUT2D eigenvalue weighted by atomic mass is 28.3. The van der Waals surface area contributed by atoms with Crippen molar-refractivity contribution >= 4 is 40.0 Å². The van der Waals surface area contributed by atoms with Gasteiger partial charge in [-0.25, -0.2) is 15.0 Å². The van der Waals surface area contributed by atoms with E-state index >= 15 is 0 Å². The Morgan fingerprint density at radius 1 is 0.321 bits per heavy atom. The molecule has 1 aliphatic heterocycles. The maximum absolute atomic E-state index is 5.33. The maximum Gasteiger partial charge on any atom is 0.165 e. The molecule has 0 bridgehead atoms. The van der Waals surface area contributed by atoms with Crippen LogP contribution < -0.4 is 10.4 Å². The Hall–Kier alpha value is -6.49. The van der Waals surface area contributed by atoms with Gasteiger partial charge in [0.05, 0.1) is 0 Å². The standard InChI is InChI=1S/C49H35N3Si/c1-53(2)42-29-14-13-27-40(42)45-41(28-16-30-43(45)53)44-36-23-9-11-25-38(36)46(39-26-12-10-24-37(39)44)49-51-47(33-19-7-4-8-20-33)50-48(52-49)35-22-15-21-34(31-35)32-17-5-3-6-18-32/h3-31H,1-2H3. The van der Waals surface area contributed by atoms with Crippen LogP contribution in [0.2, 0.25) is 13.1 Å². The fourth-order valence-corrected chi connectivity index (χ4v) is 11.5. The van der Waals surface area contributed by atoms with Gasteiger partial charge >= 0.3 is 0 Å². The third kappa shape index (κ3) is 5.06. The summed E-state index contributed by atoms with van der Waals surface area (Å²) in [6, 6.07) is 62.8. The van der Waals surface area contributed by atoms with Crippen LogP contribution in [0.4, 0.5) is 0 Å². The van der Waals surface area contributed by atoms with Crippen molar-refractivity contribution in [3.8, 4) is 67.5 Å². The minimum absolute atomic E-state index is 0.647. The van der Waals surface area contributed by atoms with Crippen molar-refractivity contribution in [3.05, 3.63) is 176 Å². The van der Waals surface area contributed by atoms with E-state index in [9.17, 15) is 0 Å². The van der Waals surface area contributed by atoms with Crippen LogP contribution in [0.1, 0.15) is 0 Å². The van der Waals surface area contributed by atoms with Gasteiger partial charge in [0.25, 0.3) is 0 Å². The minimum Gasteiger partial charge on any atom is -0.208 e. The first-order valence-electron chi connectivity index (χ1n) is 18.2. The predicted octanol–water partition coefficient (Wildman–Crippen LogP) is 11.3. The largest absolute Gasteiger partial charge is 0.208 e. The second-order valence-electron chi connectivity index (χ2n) is 14.4. The van der Waals surface area contributed by atoms with Crippen LogP contribution in [0.5, 0.6) is 0 Å². The molecule has 1 aromatic heterocycles. The molecule has 250 valence electrons. The van der Waals surface area contributed by atoms with Crippen molar-refractivity contribution in [2.45, 2.75) is 13.1 Å². The van der Waals surface area contributed by atoms with Gasteiger partial charge in [-0.15, -0.1) is 0 Å². The second-order valence-corrected chi connectivity index (χ2v) is 18.7. The molecule has 0 amide bonds. The molecule has 0 fully saturated rings. The van der Waals surface area contributed by atoms with Gasteiger partial charge < -0.3 is 0 Å². The summed E-state index contributed by atoms with van der Waals surface area (Å²) in [6.07, 6.45) is 0. The molecule has 0 N–H and O–H groups in total. The highest BCUT2D eigenvalue weighted by Gasteiger charge is 2.38. The van der Waals surface area contributed by atoms with Gasteiger partial charge in [0.2, 0.25) is 0 Å². The number of aromatic nitrogens is 3. The molecule has 0 atom stereocenters. The van der Waals surface area contributed by atoms with E-state index in [0.717, 1.165) is 38.6 Å². The average Bonchev–Trinajstić information content (AvgIpc) is 3.46. The molecule has 2 heterocycles. The zero-order valence-electron chi connectivity index (χ0n) is 29.6. The van der Waals surface area contributed by atoms with E-state index in [-0.39, 0.29) is 0 Å². The Balaban J connectivity index is 1.26. The fourth-order valence-electron chi connectivity index (χ4n) is 8.42. The summed E-state index contributed by atoms with van der Waals surface area (Å²) in [4.78, 5) is 15.7. The number of hydrogen-bond donors (Lipinski definition) is 0. The summed E-state index contributed by atoms with van der Waals surface area (Å²) in [7, 11) is -1.87. The molecule has 9 aromatic rings. The average molecular weight is 694 g/mol. The second kappa shape index (κ2) is 12.3. The van der Waals surface area contributed by atoms with Crippen LogP contribution in [-0.2, 0) is 0 Å². The highest BCUT2D eigenvalue weighted by Crippen LogP contribution is 2.46. The topological polar surface area (TPSA) is 38.7 Å². The summed E-state index contributed by atoms with van der Waals surface area (Å²) < 4.78 is 0. The number of fused-ring (bicyclic) bond motifs is 5. The first-order valence-corrected chi connectivity index (χ1v) is 21.2. The third-order valence-electron chi connectivity index (χ3n) is 10.9. The zero-order chi connectivity index (χ0) is 35.5. The van der Waals surface area contributed by atoms with E-state index in [4.69, 9.17) is 15.0 Å². The summed E-state index contributed by atoms with van der Waals surface area (Å²) in [5.74, 6) is 1.96. The molecule has 8 aromatic carbocycles. The first-order chi connectivity index (χ1) is 26.1. The SMILES string of the molecule is C[Si]1(C)c2ccccc2-c2c(-c3c4ccccc4c(-c4nc(-c5ccccc5)nc(-c5cccc(-c6ccccc6)c5)n4)c4ccccc34)cccc21. The Morgan fingerprint density at radius 3 is 1.45 bits per heavy atom. The third-order valence-corrected chi connectivity index (χ3v) is 14.5. The van der Waals surface area contributed by atoms with E-state index in [1.54, 1.807) is 0 Å². The summed E-state index contributed by atoms with van der Waals surface area (Å²) >= 11 is 0. The molecule has 0 aliphatic carbocycles. The van der Waals surface area contributed by atoms with Crippen molar-refractivity contribution < 1.29 is 0 Å². The van der Waals surface area contributed by atoms with E-state index in [0.29, 0.717) is 17.5 Å². The molecule has 3 nitrogen and oxygen atoms in total. The fraction of sp³-hybridized carbons (Fsp3) is 0.0408. The molecule has 53 heavy (non-hydrogen) atoms. The lowest BCUT2D eigenvalue weighted by atomic mass is 9.85. The Morgan fingerprint density at radius 2 is 0.774 bits per heavy atom. The molecule has 0 radical (unpaired) electrons. The minimum atomic E-state index is -1.87. The van der Waals surface area contributed by atoms with Gasteiger partial charge in [-0.2, -0.15) is 0 Å². The normalized spacial score (nSPS) is 12.9. The molecule has 10 rings (SSSR count). The Kier molecular flexibility index (Phi) is 7.27. The summed E-state index contributed by atoms with van der Waals surface area (Å²) in [5.41, 5.74) is 10.5. The number of benzene rings is 8. The van der Waals surface area contributed by atoms with Crippen molar-refractivity contribution in [1.29, 1.82) is 0 Å². The predicted molar refractivity (Wildman–Crippen MR) is 224 cm³/mol. The molecule has 4 heteroatoms. The molecule has 0 saturated heterocycles. The Labute approximate surface area is 310 Å². The van der Waals surface area contributed by atoms with Gasteiger partial charge in [0, 0.05) is 16.7 Å². The Bertz CT molecular complexity index is 2810. The van der Waals surface area contributed by atoms with Crippen LogP contribution in [-0.4, -0.2) is 23.0 Å². The molecular formula is C49H35N3Si. The van der Waals surface area contributed by atoms with E-state index < -0.39 is 8.07 Å². The van der Waals surface area contributed by atoms with Gasteiger partial charge in [-0.1, -0.05) is 183 Å². The van der Waals surface area contributed by atoms with E-state index in [2.05, 4.69) is 165 Å². The van der Waals surface area contributed by atoms with Gasteiger partial charge in [-0.05, 0) is 71.4 Å². The maximum atomic E-state index is 5.33. The summed E-state index contributed by atoms with van der Waals surface area (Å²) in [5, 5.41) is 7.63. The van der Waals surface area contributed by atoms with Gasteiger partial charge in [-0.3, -0.25) is 0 Å². The number of hydrogen-bond acceptors (Lipinski definition) is 3. The monoisotopic (exact) mass is 693 g/mol. The van der Waals surface area contributed by atoms with Crippen LogP contribution >= 0.6 is 0 Å². The lowest BCUT2D eigenvalue weighted by molar-refractivity contribution is 1.08. The first kappa shape index (κ1) is 31.3. The lowest BCUT2D eigenvalue weighted by Gasteiger charge is -2.21. The van der Waals surface area contributed by atoms with Crippen molar-refractivity contribution in [2.24, 2.45) is 0 Å². The van der Waals surface area contributed by atoms with Gasteiger partial charge in [0.1, 0.15) is 8.07 Å². The van der Waals surface area contributed by atoms with Crippen molar-refractivity contribution in [3.63, 3.8) is 0 Å². The van der Waals surface area contributed by atoms with E-state index in [1.165, 1.54) is 43.4 Å². The van der Waals surface area contributed by atoms with Crippen molar-refractivity contribution in [2.75, 3.05) is 0 Å². The molecule has 0 saturated carbocycles. The smallest absolute Gasteiger partial charge is 0.165 e. The zero-order valence-corrected chi connectivity index (χ0v) is 30.6.